The van der Waals surface area contributed by atoms with E-state index in [1.54, 1.807) is 11.8 Å². The highest BCUT2D eigenvalue weighted by molar-refractivity contribution is 5.94. The monoisotopic (exact) mass is 294 g/mol. The molecule has 0 aliphatic carbocycles. The summed E-state index contributed by atoms with van der Waals surface area (Å²) < 4.78 is 5.16. The van der Waals surface area contributed by atoms with Crippen molar-refractivity contribution in [3.63, 3.8) is 0 Å². The van der Waals surface area contributed by atoms with Crippen LogP contribution in [0.25, 0.3) is 0 Å². The van der Waals surface area contributed by atoms with Gasteiger partial charge in [0.1, 0.15) is 12.6 Å². The smallest absolute Gasteiger partial charge is 0.246 e. The van der Waals surface area contributed by atoms with Crippen LogP contribution in [0.1, 0.15) is 51.7 Å². The number of hydrogen-bond donors (Lipinski definition) is 0. The largest absolute Gasteiger partial charge is 0.337 e. The van der Waals surface area contributed by atoms with Gasteiger partial charge in [-0.25, -0.2) is 0 Å². The fourth-order valence-corrected chi connectivity index (χ4v) is 2.34. The van der Waals surface area contributed by atoms with Crippen molar-refractivity contribution in [1.29, 1.82) is 0 Å². The van der Waals surface area contributed by atoms with Crippen LogP contribution in [0.4, 0.5) is 0 Å². The molecule has 1 aromatic heterocycles. The second kappa shape index (κ2) is 6.24. The van der Waals surface area contributed by atoms with E-state index in [9.17, 15) is 9.59 Å². The van der Waals surface area contributed by atoms with Gasteiger partial charge in [0.2, 0.25) is 17.7 Å². The quantitative estimate of drug-likeness (QED) is 0.814. The normalized spacial score (nSPS) is 19.8. The molecule has 2 heterocycles. The van der Waals surface area contributed by atoms with Crippen LogP contribution in [-0.2, 0) is 16.1 Å². The highest BCUT2D eigenvalue weighted by Crippen LogP contribution is 2.17. The van der Waals surface area contributed by atoms with Crippen LogP contribution in [0, 0.1) is 0 Å². The summed E-state index contributed by atoms with van der Waals surface area (Å²) in [6.07, 6.45) is 0.840. The first-order valence-corrected chi connectivity index (χ1v) is 7.34. The first kappa shape index (κ1) is 15.5. The Morgan fingerprint density at radius 1 is 1.38 bits per heavy atom. The molecule has 0 radical (unpaired) electrons. The van der Waals surface area contributed by atoms with Crippen LogP contribution in [0.15, 0.2) is 4.52 Å². The molecule has 2 rings (SSSR count). The Morgan fingerprint density at radius 2 is 2.10 bits per heavy atom. The number of carbonyl (C=O) groups is 2. The van der Waals surface area contributed by atoms with Gasteiger partial charge in [-0.3, -0.25) is 9.59 Å². The minimum absolute atomic E-state index is 0.0277. The van der Waals surface area contributed by atoms with E-state index in [1.807, 2.05) is 20.8 Å². The maximum absolute atomic E-state index is 12.2. The first-order valence-electron chi connectivity index (χ1n) is 7.34. The van der Waals surface area contributed by atoms with E-state index < -0.39 is 6.04 Å². The molecular weight excluding hydrogens is 272 g/mol. The fraction of sp³-hybridized carbons (Fsp3) is 0.714. The van der Waals surface area contributed by atoms with E-state index in [0.29, 0.717) is 18.3 Å². The number of rotatable bonds is 5. The molecule has 0 bridgehead atoms. The SMILES string of the molecule is CCCN1CC(=O)N(Cc2nc(C(C)C)no2)[C@@H](C)C1=O. The second-order valence-corrected chi connectivity index (χ2v) is 5.66. The molecule has 0 saturated carbocycles. The van der Waals surface area contributed by atoms with Crippen molar-refractivity contribution >= 4 is 11.8 Å². The third-order valence-electron chi connectivity index (χ3n) is 3.58. The van der Waals surface area contributed by atoms with Crippen LogP contribution in [0.5, 0.6) is 0 Å². The predicted octanol–water partition coefficient (Wildman–Crippen LogP) is 1.16. The highest BCUT2D eigenvalue weighted by atomic mass is 16.5. The van der Waals surface area contributed by atoms with Crippen molar-refractivity contribution in [2.24, 2.45) is 0 Å². The van der Waals surface area contributed by atoms with Gasteiger partial charge in [0.05, 0.1) is 6.54 Å². The molecule has 7 heteroatoms. The molecule has 2 amide bonds. The summed E-state index contributed by atoms with van der Waals surface area (Å²) in [4.78, 5) is 31.8. The Morgan fingerprint density at radius 3 is 2.67 bits per heavy atom. The van der Waals surface area contributed by atoms with Gasteiger partial charge < -0.3 is 14.3 Å². The van der Waals surface area contributed by atoms with Gasteiger partial charge >= 0.3 is 0 Å². The lowest BCUT2D eigenvalue weighted by molar-refractivity contribution is -0.156. The zero-order valence-electron chi connectivity index (χ0n) is 13.0. The van der Waals surface area contributed by atoms with Gasteiger partial charge in [0.15, 0.2) is 5.82 Å². The summed E-state index contributed by atoms with van der Waals surface area (Å²) in [6, 6.07) is -0.493. The zero-order valence-corrected chi connectivity index (χ0v) is 13.0. The van der Waals surface area contributed by atoms with Gasteiger partial charge in [-0.15, -0.1) is 0 Å². The maximum Gasteiger partial charge on any atom is 0.246 e. The van der Waals surface area contributed by atoms with E-state index in [0.717, 1.165) is 6.42 Å². The minimum atomic E-state index is -0.493. The molecule has 1 aliphatic heterocycles. The Hall–Kier alpha value is -1.92. The van der Waals surface area contributed by atoms with Crippen molar-refractivity contribution in [2.75, 3.05) is 13.1 Å². The Kier molecular flexibility index (Phi) is 4.59. The molecule has 1 aliphatic rings. The average Bonchev–Trinajstić information content (AvgIpc) is 2.90. The van der Waals surface area contributed by atoms with E-state index in [2.05, 4.69) is 10.1 Å². The summed E-state index contributed by atoms with van der Waals surface area (Å²) in [5.74, 6) is 1.04. The van der Waals surface area contributed by atoms with E-state index >= 15 is 0 Å². The summed E-state index contributed by atoms with van der Waals surface area (Å²) in [7, 11) is 0. The Balaban J connectivity index is 2.09. The zero-order chi connectivity index (χ0) is 15.6. The molecule has 0 unspecified atom stereocenters. The van der Waals surface area contributed by atoms with Gasteiger partial charge in [-0.1, -0.05) is 25.9 Å². The summed E-state index contributed by atoms with van der Waals surface area (Å²) in [5, 5.41) is 3.88. The topological polar surface area (TPSA) is 79.5 Å². The molecule has 116 valence electrons. The van der Waals surface area contributed by atoms with Gasteiger partial charge in [-0.05, 0) is 13.3 Å². The van der Waals surface area contributed by atoms with Gasteiger partial charge in [-0.2, -0.15) is 4.98 Å². The second-order valence-electron chi connectivity index (χ2n) is 5.66. The molecule has 1 saturated heterocycles. The molecule has 0 spiro atoms. The molecule has 1 atom stereocenters. The van der Waals surface area contributed by atoms with Crippen LogP contribution in [0.2, 0.25) is 0 Å². The summed E-state index contributed by atoms with van der Waals surface area (Å²) >= 11 is 0. The van der Waals surface area contributed by atoms with Crippen molar-refractivity contribution in [3.05, 3.63) is 11.7 Å². The van der Waals surface area contributed by atoms with Crippen LogP contribution in [-0.4, -0.2) is 50.9 Å². The lowest BCUT2D eigenvalue weighted by atomic mass is 10.1. The standard InChI is InChI=1S/C14H22N4O3/c1-5-6-17-8-12(19)18(10(4)14(17)20)7-11-15-13(9(2)3)16-21-11/h9-10H,5-8H2,1-4H3/t10-/m0/s1. The molecule has 1 aromatic rings. The lowest BCUT2D eigenvalue weighted by Gasteiger charge is -2.37. The van der Waals surface area contributed by atoms with Crippen molar-refractivity contribution in [2.45, 2.75) is 52.6 Å². The van der Waals surface area contributed by atoms with Crippen molar-refractivity contribution < 1.29 is 14.1 Å². The van der Waals surface area contributed by atoms with E-state index in [4.69, 9.17) is 4.52 Å². The molecular formula is C14H22N4O3. The number of piperazine rings is 1. The average molecular weight is 294 g/mol. The molecule has 1 fully saturated rings. The minimum Gasteiger partial charge on any atom is -0.337 e. The fourth-order valence-electron chi connectivity index (χ4n) is 2.34. The van der Waals surface area contributed by atoms with Gasteiger partial charge in [0, 0.05) is 12.5 Å². The highest BCUT2D eigenvalue weighted by Gasteiger charge is 2.36. The van der Waals surface area contributed by atoms with E-state index in [1.165, 1.54) is 4.90 Å². The number of carbonyl (C=O) groups excluding carboxylic acids is 2. The van der Waals surface area contributed by atoms with Crippen LogP contribution < -0.4 is 0 Å². The predicted molar refractivity (Wildman–Crippen MR) is 75.3 cm³/mol. The van der Waals surface area contributed by atoms with Gasteiger partial charge in [0.25, 0.3) is 0 Å². The number of hydrogen-bond acceptors (Lipinski definition) is 5. The van der Waals surface area contributed by atoms with E-state index in [-0.39, 0.29) is 30.8 Å². The third-order valence-corrected chi connectivity index (χ3v) is 3.58. The molecule has 21 heavy (non-hydrogen) atoms. The number of amides is 2. The summed E-state index contributed by atoms with van der Waals surface area (Å²) in [6.45, 7) is 8.59. The first-order chi connectivity index (χ1) is 9.93. The molecule has 0 N–H and O–H groups in total. The Labute approximate surface area is 124 Å². The third kappa shape index (κ3) is 3.22. The van der Waals surface area contributed by atoms with Crippen molar-refractivity contribution in [1.82, 2.24) is 19.9 Å². The number of nitrogens with zero attached hydrogens (tertiary/aromatic N) is 4. The van der Waals surface area contributed by atoms with Crippen molar-refractivity contribution in [3.8, 4) is 0 Å². The summed E-state index contributed by atoms with van der Waals surface area (Å²) in [5.41, 5.74) is 0. The Bertz CT molecular complexity index is 526. The molecule has 0 aromatic carbocycles. The lowest BCUT2D eigenvalue weighted by Crippen LogP contribution is -2.58. The van der Waals surface area contributed by atoms with Crippen LogP contribution >= 0.6 is 0 Å². The maximum atomic E-state index is 12.2. The van der Waals surface area contributed by atoms with Crippen LogP contribution in [0.3, 0.4) is 0 Å². The number of aromatic nitrogens is 2. The molecule has 7 nitrogen and oxygen atoms in total.